The van der Waals surface area contributed by atoms with E-state index in [0.717, 1.165) is 5.92 Å². The fraction of sp³-hybridized carbons (Fsp3) is 0.556. The smallest absolute Gasteiger partial charge is 0.0732 e. The summed E-state index contributed by atoms with van der Waals surface area (Å²) in [4.78, 5) is 0. The van der Waals surface area contributed by atoms with Gasteiger partial charge in [0.1, 0.15) is 0 Å². The fourth-order valence-corrected chi connectivity index (χ4v) is 2.74. The van der Waals surface area contributed by atoms with Gasteiger partial charge in [-0.05, 0) is 24.8 Å². The van der Waals surface area contributed by atoms with Gasteiger partial charge in [0.25, 0.3) is 0 Å². The van der Waals surface area contributed by atoms with Crippen molar-refractivity contribution in [2.24, 2.45) is 5.92 Å². The van der Waals surface area contributed by atoms with E-state index >= 15 is 0 Å². The van der Waals surface area contributed by atoms with E-state index in [1.165, 1.54) is 44.1 Å². The van der Waals surface area contributed by atoms with Crippen LogP contribution in [-0.4, -0.2) is 6.10 Å². The highest BCUT2D eigenvalue weighted by Gasteiger charge is 2.11. The molecule has 0 spiro atoms. The van der Waals surface area contributed by atoms with Gasteiger partial charge in [-0.25, -0.2) is 0 Å². The van der Waals surface area contributed by atoms with Crippen LogP contribution in [0.2, 0.25) is 0 Å². The van der Waals surface area contributed by atoms with Gasteiger partial charge in [-0.15, -0.1) is 0 Å². The van der Waals surface area contributed by atoms with E-state index < -0.39 is 0 Å². The predicted octanol–water partition coefficient (Wildman–Crippen LogP) is 5.12. The maximum Gasteiger partial charge on any atom is 0.0732 e. The van der Waals surface area contributed by atoms with Gasteiger partial charge in [-0.3, -0.25) is 0 Å². The molecule has 0 heterocycles. The summed E-state index contributed by atoms with van der Waals surface area (Å²) in [6.45, 7) is 2.83. The lowest BCUT2D eigenvalue weighted by Crippen LogP contribution is -2.06. The molecule has 1 heteroatoms. The lowest BCUT2D eigenvalue weighted by Gasteiger charge is -2.19. The third kappa shape index (κ3) is 5.61. The van der Waals surface area contributed by atoms with Gasteiger partial charge >= 0.3 is 0 Å². The SMILES string of the molecule is CC(/C=C/CC1CCCCC1)OCc1ccccc1. The van der Waals surface area contributed by atoms with Crippen LogP contribution in [0.25, 0.3) is 0 Å². The summed E-state index contributed by atoms with van der Waals surface area (Å²) in [6.07, 6.45) is 13.1. The second-order valence-electron chi connectivity index (χ2n) is 5.67. The highest BCUT2D eigenvalue weighted by Crippen LogP contribution is 2.26. The number of rotatable bonds is 6. The Morgan fingerprint density at radius 2 is 1.89 bits per heavy atom. The molecule has 0 saturated heterocycles. The molecule has 1 fully saturated rings. The number of allylic oxidation sites excluding steroid dienone is 1. The summed E-state index contributed by atoms with van der Waals surface area (Å²) in [5.41, 5.74) is 1.25. The van der Waals surface area contributed by atoms with E-state index in [1.807, 2.05) is 6.07 Å². The Bertz CT molecular complexity index is 363. The molecular weight excluding hydrogens is 232 g/mol. The molecule has 1 aliphatic rings. The maximum absolute atomic E-state index is 5.83. The average molecular weight is 258 g/mol. The Morgan fingerprint density at radius 3 is 2.63 bits per heavy atom. The van der Waals surface area contributed by atoms with Crippen LogP contribution in [0, 0.1) is 5.92 Å². The lowest BCUT2D eigenvalue weighted by molar-refractivity contribution is 0.0838. The summed E-state index contributed by atoms with van der Waals surface area (Å²) < 4.78 is 5.83. The van der Waals surface area contributed by atoms with Crippen molar-refractivity contribution in [3.05, 3.63) is 48.0 Å². The first-order chi connectivity index (χ1) is 9.34. The topological polar surface area (TPSA) is 9.23 Å². The van der Waals surface area contributed by atoms with Gasteiger partial charge in [0.05, 0.1) is 12.7 Å². The molecule has 1 nitrogen and oxygen atoms in total. The first-order valence-electron chi connectivity index (χ1n) is 7.67. The molecule has 1 aliphatic carbocycles. The molecule has 2 rings (SSSR count). The van der Waals surface area contributed by atoms with E-state index in [9.17, 15) is 0 Å². The van der Waals surface area contributed by atoms with Crippen molar-refractivity contribution >= 4 is 0 Å². The van der Waals surface area contributed by atoms with Crippen molar-refractivity contribution in [3.63, 3.8) is 0 Å². The molecule has 1 saturated carbocycles. The highest BCUT2D eigenvalue weighted by molar-refractivity contribution is 5.13. The molecule has 0 radical (unpaired) electrons. The molecule has 0 amide bonds. The van der Waals surface area contributed by atoms with Crippen LogP contribution >= 0.6 is 0 Å². The fourth-order valence-electron chi connectivity index (χ4n) is 2.74. The van der Waals surface area contributed by atoms with Crippen molar-refractivity contribution < 1.29 is 4.74 Å². The van der Waals surface area contributed by atoms with E-state index in [2.05, 4.69) is 43.3 Å². The Balaban J connectivity index is 1.64. The molecule has 0 aliphatic heterocycles. The molecular formula is C18H26O. The number of ether oxygens (including phenoxy) is 1. The molecule has 1 unspecified atom stereocenters. The van der Waals surface area contributed by atoms with E-state index in [-0.39, 0.29) is 6.10 Å². The van der Waals surface area contributed by atoms with Gasteiger partial charge in [-0.1, -0.05) is 74.6 Å². The highest BCUT2D eigenvalue weighted by atomic mass is 16.5. The summed E-state index contributed by atoms with van der Waals surface area (Å²) in [6, 6.07) is 10.4. The van der Waals surface area contributed by atoms with Gasteiger partial charge in [0.15, 0.2) is 0 Å². The third-order valence-corrected chi connectivity index (χ3v) is 3.96. The second-order valence-corrected chi connectivity index (χ2v) is 5.67. The molecule has 104 valence electrons. The van der Waals surface area contributed by atoms with Crippen LogP contribution < -0.4 is 0 Å². The summed E-state index contributed by atoms with van der Waals surface area (Å²) >= 11 is 0. The van der Waals surface area contributed by atoms with E-state index in [4.69, 9.17) is 4.74 Å². The second kappa shape index (κ2) is 8.16. The largest absolute Gasteiger partial charge is 0.370 e. The molecule has 0 bridgehead atoms. The van der Waals surface area contributed by atoms with Crippen LogP contribution in [0.3, 0.4) is 0 Å². The standard InChI is InChI=1S/C18H26O/c1-16(19-15-18-12-6-3-7-13-18)9-8-14-17-10-4-2-5-11-17/h3,6-9,12-13,16-17H,2,4-5,10-11,14-15H2,1H3/b9-8+. The van der Waals surface area contributed by atoms with E-state index in [1.54, 1.807) is 0 Å². The third-order valence-electron chi connectivity index (χ3n) is 3.96. The minimum Gasteiger partial charge on any atom is -0.370 e. The van der Waals surface area contributed by atoms with Crippen LogP contribution in [0.5, 0.6) is 0 Å². The monoisotopic (exact) mass is 258 g/mol. The molecule has 19 heavy (non-hydrogen) atoms. The molecule has 0 N–H and O–H groups in total. The minimum atomic E-state index is 0.212. The van der Waals surface area contributed by atoms with Gasteiger partial charge in [-0.2, -0.15) is 0 Å². The summed E-state index contributed by atoms with van der Waals surface area (Å²) in [5.74, 6) is 0.923. The molecule has 1 aromatic rings. The molecule has 1 aromatic carbocycles. The van der Waals surface area contributed by atoms with E-state index in [0.29, 0.717) is 6.61 Å². The van der Waals surface area contributed by atoms with Crippen LogP contribution in [0.15, 0.2) is 42.5 Å². The Morgan fingerprint density at radius 1 is 1.16 bits per heavy atom. The van der Waals surface area contributed by atoms with Crippen molar-refractivity contribution in [1.82, 2.24) is 0 Å². The zero-order valence-electron chi connectivity index (χ0n) is 12.1. The minimum absolute atomic E-state index is 0.212. The van der Waals surface area contributed by atoms with Crippen molar-refractivity contribution in [2.75, 3.05) is 0 Å². The first kappa shape index (κ1) is 14.3. The van der Waals surface area contributed by atoms with Gasteiger partial charge < -0.3 is 4.74 Å². The number of hydrogen-bond acceptors (Lipinski definition) is 1. The van der Waals surface area contributed by atoms with Crippen LogP contribution in [-0.2, 0) is 11.3 Å². The van der Waals surface area contributed by atoms with Crippen molar-refractivity contribution in [1.29, 1.82) is 0 Å². The molecule has 1 atom stereocenters. The normalized spacial score (nSPS) is 18.8. The Hall–Kier alpha value is -1.08. The number of benzene rings is 1. The van der Waals surface area contributed by atoms with Crippen molar-refractivity contribution in [2.45, 2.75) is 58.2 Å². The Labute approximate surface area is 117 Å². The quantitative estimate of drug-likeness (QED) is 0.644. The zero-order valence-corrected chi connectivity index (χ0v) is 12.1. The predicted molar refractivity (Wildman–Crippen MR) is 81.0 cm³/mol. The van der Waals surface area contributed by atoms with Gasteiger partial charge in [0.2, 0.25) is 0 Å². The first-order valence-corrected chi connectivity index (χ1v) is 7.67. The molecule has 0 aromatic heterocycles. The van der Waals surface area contributed by atoms with Crippen LogP contribution in [0.4, 0.5) is 0 Å². The lowest BCUT2D eigenvalue weighted by atomic mass is 9.87. The summed E-state index contributed by atoms with van der Waals surface area (Å²) in [7, 11) is 0. The Kier molecular flexibility index (Phi) is 6.16. The number of hydrogen-bond donors (Lipinski definition) is 0. The van der Waals surface area contributed by atoms with Crippen molar-refractivity contribution in [3.8, 4) is 0 Å². The average Bonchev–Trinajstić information content (AvgIpc) is 2.47. The van der Waals surface area contributed by atoms with Crippen LogP contribution in [0.1, 0.15) is 51.0 Å². The maximum atomic E-state index is 5.83. The zero-order chi connectivity index (χ0) is 13.3. The van der Waals surface area contributed by atoms with Gasteiger partial charge in [0, 0.05) is 0 Å². The summed E-state index contributed by atoms with van der Waals surface area (Å²) in [5, 5.41) is 0.